The lowest BCUT2D eigenvalue weighted by atomic mass is 9.83. The van der Waals surface area contributed by atoms with Crippen molar-refractivity contribution in [3.63, 3.8) is 0 Å². The van der Waals surface area contributed by atoms with E-state index in [2.05, 4.69) is 16.1 Å². The summed E-state index contributed by atoms with van der Waals surface area (Å²) < 4.78 is 33.5. The third-order valence-corrected chi connectivity index (χ3v) is 7.17. The second-order valence-corrected chi connectivity index (χ2v) is 9.95. The Morgan fingerprint density at radius 2 is 1.79 bits per heavy atom. The number of benzene rings is 2. The fraction of sp³-hybridized carbons (Fsp3) is 0.375. The van der Waals surface area contributed by atoms with Crippen molar-refractivity contribution in [3.05, 3.63) is 59.2 Å². The molecule has 1 aliphatic carbocycles. The lowest BCUT2D eigenvalue weighted by Crippen LogP contribution is -2.50. The number of rotatable bonds is 7. The predicted octanol–water partition coefficient (Wildman–Crippen LogP) is 3.60. The minimum absolute atomic E-state index is 0.0214. The maximum Gasteiger partial charge on any atom is 0.340 e. The molecule has 0 atom stereocenters. The number of sulfonamides is 1. The Morgan fingerprint density at radius 3 is 2.48 bits per heavy atom. The van der Waals surface area contributed by atoms with E-state index in [1.54, 1.807) is 38.1 Å². The lowest BCUT2D eigenvalue weighted by molar-refractivity contribution is -0.125. The van der Waals surface area contributed by atoms with E-state index in [-0.39, 0.29) is 16.1 Å². The zero-order valence-corrected chi connectivity index (χ0v) is 19.5. The molecule has 0 heterocycles. The summed E-state index contributed by atoms with van der Waals surface area (Å²) in [4.78, 5) is 25.1. The highest BCUT2D eigenvalue weighted by Gasteiger charge is 2.33. The molecule has 9 heteroatoms. The van der Waals surface area contributed by atoms with Crippen LogP contribution in [0, 0.1) is 25.2 Å². The number of ether oxygens (including phenoxy) is 1. The molecule has 1 aliphatic rings. The minimum Gasteiger partial charge on any atom is -0.452 e. The third kappa shape index (κ3) is 5.90. The molecule has 1 amide bonds. The van der Waals surface area contributed by atoms with Crippen LogP contribution in [0.3, 0.4) is 0 Å². The van der Waals surface area contributed by atoms with Crippen LogP contribution in [0.2, 0.25) is 0 Å². The Labute approximate surface area is 194 Å². The van der Waals surface area contributed by atoms with Gasteiger partial charge < -0.3 is 10.1 Å². The van der Waals surface area contributed by atoms with Crippen LogP contribution >= 0.6 is 0 Å². The van der Waals surface area contributed by atoms with Crippen molar-refractivity contribution in [1.82, 2.24) is 5.32 Å². The molecule has 174 valence electrons. The van der Waals surface area contributed by atoms with Gasteiger partial charge in [0, 0.05) is 0 Å². The van der Waals surface area contributed by atoms with Gasteiger partial charge in [-0.05, 0) is 56.0 Å². The van der Waals surface area contributed by atoms with Crippen molar-refractivity contribution in [3.8, 4) is 6.07 Å². The number of hydrogen-bond acceptors (Lipinski definition) is 6. The highest BCUT2D eigenvalue weighted by atomic mass is 32.2. The standard InChI is InChI=1S/C24H27N3O5S/c1-17-10-11-18(2)21(14-17)33(30,31)27-20-9-5-4-8-19(20)23(29)32-15-22(28)26-24(16-25)12-6-3-7-13-24/h4-5,8-11,14,27H,3,6-7,12-13,15H2,1-2H3,(H,26,28). The molecule has 2 aromatic rings. The van der Waals surface area contributed by atoms with E-state index < -0.39 is 34.0 Å². The normalized spacial score (nSPS) is 15.2. The largest absolute Gasteiger partial charge is 0.452 e. The third-order valence-electron chi connectivity index (χ3n) is 5.66. The van der Waals surface area contributed by atoms with E-state index in [1.807, 2.05) is 6.07 Å². The number of aryl methyl sites for hydroxylation is 2. The highest BCUT2D eigenvalue weighted by Crippen LogP contribution is 2.27. The highest BCUT2D eigenvalue weighted by molar-refractivity contribution is 7.92. The van der Waals surface area contributed by atoms with Crippen molar-refractivity contribution >= 4 is 27.6 Å². The van der Waals surface area contributed by atoms with E-state index in [1.165, 1.54) is 12.1 Å². The topological polar surface area (TPSA) is 125 Å². The number of para-hydroxylation sites is 1. The minimum atomic E-state index is -3.96. The van der Waals surface area contributed by atoms with Crippen molar-refractivity contribution in [2.45, 2.75) is 56.4 Å². The summed E-state index contributed by atoms with van der Waals surface area (Å²) in [7, 11) is -3.96. The predicted molar refractivity (Wildman–Crippen MR) is 123 cm³/mol. The first-order valence-corrected chi connectivity index (χ1v) is 12.2. The van der Waals surface area contributed by atoms with Crippen LogP contribution in [0.1, 0.15) is 53.6 Å². The first-order chi connectivity index (χ1) is 15.7. The zero-order valence-electron chi connectivity index (χ0n) is 18.7. The van der Waals surface area contributed by atoms with Crippen LogP contribution in [0.5, 0.6) is 0 Å². The molecule has 2 aromatic carbocycles. The molecule has 0 aliphatic heterocycles. The molecule has 0 aromatic heterocycles. The molecule has 1 saturated carbocycles. The van der Waals surface area contributed by atoms with Gasteiger partial charge in [-0.15, -0.1) is 0 Å². The van der Waals surface area contributed by atoms with E-state index in [0.29, 0.717) is 18.4 Å². The monoisotopic (exact) mass is 469 g/mol. The van der Waals surface area contributed by atoms with Crippen molar-refractivity contribution in [1.29, 1.82) is 5.26 Å². The Balaban J connectivity index is 1.71. The van der Waals surface area contributed by atoms with Crippen LogP contribution in [0.4, 0.5) is 5.69 Å². The van der Waals surface area contributed by atoms with Gasteiger partial charge in [0.05, 0.1) is 22.2 Å². The van der Waals surface area contributed by atoms with Gasteiger partial charge in [-0.25, -0.2) is 13.2 Å². The molecule has 33 heavy (non-hydrogen) atoms. The van der Waals surface area contributed by atoms with E-state index in [0.717, 1.165) is 24.8 Å². The molecule has 0 spiro atoms. The number of amides is 1. The maximum atomic E-state index is 12.9. The van der Waals surface area contributed by atoms with Gasteiger partial charge in [-0.3, -0.25) is 9.52 Å². The van der Waals surface area contributed by atoms with Crippen molar-refractivity contribution in [2.24, 2.45) is 0 Å². The van der Waals surface area contributed by atoms with Crippen LogP contribution in [-0.2, 0) is 19.6 Å². The molecule has 3 rings (SSSR count). The van der Waals surface area contributed by atoms with Crippen molar-refractivity contribution in [2.75, 3.05) is 11.3 Å². The van der Waals surface area contributed by atoms with Crippen molar-refractivity contribution < 1.29 is 22.7 Å². The summed E-state index contributed by atoms with van der Waals surface area (Å²) >= 11 is 0. The summed E-state index contributed by atoms with van der Waals surface area (Å²) in [6, 6.07) is 13.3. The van der Waals surface area contributed by atoms with Crippen LogP contribution in [-0.4, -0.2) is 32.4 Å². The lowest BCUT2D eigenvalue weighted by Gasteiger charge is -2.31. The Morgan fingerprint density at radius 1 is 1.09 bits per heavy atom. The number of hydrogen-bond donors (Lipinski definition) is 2. The number of nitriles is 1. The number of carbonyl (C=O) groups excluding carboxylic acids is 2. The van der Waals surface area contributed by atoms with Gasteiger partial charge in [0.2, 0.25) is 0 Å². The van der Waals surface area contributed by atoms with E-state index >= 15 is 0 Å². The Kier molecular flexibility index (Phi) is 7.39. The van der Waals surface area contributed by atoms with Crippen LogP contribution < -0.4 is 10.0 Å². The van der Waals surface area contributed by atoms with Gasteiger partial charge >= 0.3 is 5.97 Å². The number of nitrogens with zero attached hydrogens (tertiary/aromatic N) is 1. The van der Waals surface area contributed by atoms with Gasteiger partial charge in [-0.2, -0.15) is 5.26 Å². The molecule has 0 unspecified atom stereocenters. The summed E-state index contributed by atoms with van der Waals surface area (Å²) in [5.74, 6) is -1.42. The average Bonchev–Trinajstić information content (AvgIpc) is 2.79. The zero-order chi connectivity index (χ0) is 24.1. The number of carbonyl (C=O) groups is 2. The Hall–Kier alpha value is -3.38. The first-order valence-electron chi connectivity index (χ1n) is 10.7. The van der Waals surface area contributed by atoms with E-state index in [4.69, 9.17) is 4.74 Å². The average molecular weight is 470 g/mol. The molecular formula is C24H27N3O5S. The summed E-state index contributed by atoms with van der Waals surface area (Å²) in [5.41, 5.74) is 0.448. The van der Waals surface area contributed by atoms with Crippen LogP contribution in [0.25, 0.3) is 0 Å². The fourth-order valence-corrected chi connectivity index (χ4v) is 5.29. The number of nitrogens with one attached hydrogen (secondary N) is 2. The molecule has 0 saturated heterocycles. The molecular weight excluding hydrogens is 442 g/mol. The second-order valence-electron chi connectivity index (χ2n) is 8.30. The molecule has 0 radical (unpaired) electrons. The number of anilines is 1. The quantitative estimate of drug-likeness (QED) is 0.597. The van der Waals surface area contributed by atoms with Gasteiger partial charge in [-0.1, -0.05) is 43.5 Å². The summed E-state index contributed by atoms with van der Waals surface area (Å²) in [5, 5.41) is 12.2. The maximum absolute atomic E-state index is 12.9. The first kappa shape index (κ1) is 24.3. The van der Waals surface area contributed by atoms with Crippen LogP contribution in [0.15, 0.2) is 47.4 Å². The SMILES string of the molecule is Cc1ccc(C)c(S(=O)(=O)Nc2ccccc2C(=O)OCC(=O)NC2(C#N)CCCCC2)c1. The second kappa shape index (κ2) is 10.0. The summed E-state index contributed by atoms with van der Waals surface area (Å²) in [6.07, 6.45) is 3.84. The molecule has 2 N–H and O–H groups in total. The van der Waals surface area contributed by atoms with Gasteiger partial charge in [0.15, 0.2) is 6.61 Å². The Bertz CT molecular complexity index is 1190. The fourth-order valence-electron chi connectivity index (χ4n) is 3.88. The van der Waals surface area contributed by atoms with Gasteiger partial charge in [0.25, 0.3) is 15.9 Å². The molecule has 8 nitrogen and oxygen atoms in total. The molecule has 0 bridgehead atoms. The molecule has 1 fully saturated rings. The smallest absolute Gasteiger partial charge is 0.340 e. The summed E-state index contributed by atoms with van der Waals surface area (Å²) in [6.45, 7) is 2.91. The van der Waals surface area contributed by atoms with Gasteiger partial charge in [0.1, 0.15) is 5.54 Å². The van der Waals surface area contributed by atoms with E-state index in [9.17, 15) is 23.3 Å². The number of esters is 1.